The van der Waals surface area contributed by atoms with Crippen molar-refractivity contribution in [1.82, 2.24) is 10.2 Å². The highest BCUT2D eigenvalue weighted by Gasteiger charge is 2.53. The zero-order chi connectivity index (χ0) is 17.7. The maximum absolute atomic E-state index is 12.9. The molecule has 1 amide bonds. The van der Waals surface area contributed by atoms with Crippen LogP contribution in [0.5, 0.6) is 0 Å². The number of amides is 1. The number of carbonyl (C=O) groups excluding carboxylic acids is 1. The van der Waals surface area contributed by atoms with Gasteiger partial charge in [0.05, 0.1) is 6.61 Å². The van der Waals surface area contributed by atoms with E-state index in [2.05, 4.69) is 5.59 Å². The third-order valence-corrected chi connectivity index (χ3v) is 4.88. The number of rotatable bonds is 5. The van der Waals surface area contributed by atoms with E-state index in [1.807, 2.05) is 62.3 Å². The van der Waals surface area contributed by atoms with E-state index in [-0.39, 0.29) is 29.3 Å². The number of hydrogen-bond acceptors (Lipinski definition) is 5. The maximum Gasteiger partial charge on any atom is 0.388 e. The van der Waals surface area contributed by atoms with Crippen molar-refractivity contribution < 1.29 is 14.2 Å². The molecule has 4 unspecified atom stereocenters. The minimum Gasteiger partial charge on any atom is -0.378 e. The van der Waals surface area contributed by atoms with Gasteiger partial charge in [0, 0.05) is 31.9 Å². The molecular weight excluding hydrogens is 349 g/mol. The minimum absolute atomic E-state index is 0.0799. The lowest BCUT2D eigenvalue weighted by molar-refractivity contribution is -0.163. The van der Waals surface area contributed by atoms with Gasteiger partial charge in [-0.15, -0.1) is 16.2 Å². The van der Waals surface area contributed by atoms with E-state index in [1.54, 1.807) is 0 Å². The Labute approximate surface area is 148 Å². The zero-order valence-corrected chi connectivity index (χ0v) is 15.8. The van der Waals surface area contributed by atoms with E-state index in [4.69, 9.17) is 16.4 Å². The van der Waals surface area contributed by atoms with Gasteiger partial charge >= 0.3 is 14.4 Å². The third kappa shape index (κ3) is 3.53. The molecule has 0 radical (unpaired) electrons. The number of nitrogens with one attached hydrogen (secondary N) is 1. The van der Waals surface area contributed by atoms with Gasteiger partial charge in [0.25, 0.3) is 6.16 Å². The first-order valence-corrected chi connectivity index (χ1v) is 9.23. The number of benzene rings is 1. The molecule has 24 heavy (non-hydrogen) atoms. The van der Waals surface area contributed by atoms with Crippen LogP contribution in [0.4, 0.5) is 11.4 Å². The molecule has 1 aromatic rings. The number of anilines is 1. The SMILES string of the molecule is CC=CC1C(Cl)CON[N+]1(C(=O)C[PH+]=O)c1ccc(N(C)C)cc1. The average molecular weight is 372 g/mol. The standard InChI is InChI=1S/C16H22ClN3O3P/c1-4-5-15-14(17)10-23-18-20(15,16(21)11-24-22)13-8-6-12(7-9-13)19(2)3/h4-9,14-15,18H,10-11H2,1-3H3/q+1/p+1. The molecule has 6 nitrogen and oxygen atoms in total. The summed E-state index contributed by atoms with van der Waals surface area (Å²) < 4.78 is 10.8. The number of quaternary nitrogens is 1. The van der Waals surface area contributed by atoms with Crippen molar-refractivity contribution in [2.75, 3.05) is 31.8 Å². The average Bonchev–Trinajstić information content (AvgIpc) is 2.57. The molecule has 1 aliphatic rings. The van der Waals surface area contributed by atoms with Gasteiger partial charge in [-0.05, 0) is 30.7 Å². The van der Waals surface area contributed by atoms with E-state index in [1.165, 1.54) is 0 Å². The number of hydrogen-bond donors (Lipinski definition) is 1. The summed E-state index contributed by atoms with van der Waals surface area (Å²) in [5, 5.41) is -0.394. The second-order valence-electron chi connectivity index (χ2n) is 5.78. The molecule has 8 heteroatoms. The Hall–Kier alpha value is -1.30. The predicted molar refractivity (Wildman–Crippen MR) is 98.8 cm³/mol. The van der Waals surface area contributed by atoms with Crippen molar-refractivity contribution in [2.45, 2.75) is 18.3 Å². The summed E-state index contributed by atoms with van der Waals surface area (Å²) in [5.41, 5.74) is 4.56. The van der Waals surface area contributed by atoms with Crippen LogP contribution in [-0.2, 0) is 14.2 Å². The molecule has 0 saturated carbocycles. The van der Waals surface area contributed by atoms with Crippen LogP contribution >= 0.6 is 20.1 Å². The van der Waals surface area contributed by atoms with E-state index in [9.17, 15) is 9.36 Å². The summed E-state index contributed by atoms with van der Waals surface area (Å²) in [6.07, 6.45) is 3.67. The van der Waals surface area contributed by atoms with Crippen LogP contribution in [0.2, 0.25) is 0 Å². The minimum atomic E-state index is -0.720. The molecule has 0 aromatic heterocycles. The molecule has 1 aliphatic heterocycles. The monoisotopic (exact) mass is 371 g/mol. The fraction of sp³-hybridized carbons (Fsp3) is 0.438. The lowest BCUT2D eigenvalue weighted by Gasteiger charge is -2.43. The first-order chi connectivity index (χ1) is 11.5. The first-order valence-electron chi connectivity index (χ1n) is 7.68. The smallest absolute Gasteiger partial charge is 0.378 e. The van der Waals surface area contributed by atoms with Gasteiger partial charge in [-0.2, -0.15) is 0 Å². The van der Waals surface area contributed by atoms with E-state index >= 15 is 0 Å². The highest BCUT2D eigenvalue weighted by atomic mass is 35.5. The molecular formula is C16H23ClN3O3P+2. The molecule has 4 atom stereocenters. The topological polar surface area (TPSA) is 58.6 Å². The molecule has 1 N–H and O–H groups in total. The van der Waals surface area contributed by atoms with Crippen molar-refractivity contribution in [2.24, 2.45) is 0 Å². The van der Waals surface area contributed by atoms with Crippen molar-refractivity contribution >= 4 is 37.3 Å². The van der Waals surface area contributed by atoms with Crippen LogP contribution in [0.25, 0.3) is 0 Å². The number of allylic oxidation sites excluding steroid dienone is 1. The van der Waals surface area contributed by atoms with Crippen LogP contribution in [0.1, 0.15) is 6.92 Å². The molecule has 1 heterocycles. The summed E-state index contributed by atoms with van der Waals surface area (Å²) in [6, 6.07) is 7.22. The Bertz CT molecular complexity index is 623. The van der Waals surface area contributed by atoms with Crippen molar-refractivity contribution in [3.63, 3.8) is 0 Å². The normalized spacial score (nSPS) is 27.5. The van der Waals surface area contributed by atoms with Gasteiger partial charge in [0.15, 0.2) is 11.7 Å². The highest BCUT2D eigenvalue weighted by molar-refractivity contribution is 7.25. The Morgan fingerprint density at radius 3 is 2.67 bits per heavy atom. The number of carbonyl (C=O) groups is 1. The lowest BCUT2D eigenvalue weighted by atomic mass is 10.1. The first kappa shape index (κ1) is 19.0. The van der Waals surface area contributed by atoms with E-state index in [0.717, 1.165) is 5.69 Å². The largest absolute Gasteiger partial charge is 0.388 e. The molecule has 1 saturated heterocycles. The molecule has 2 rings (SSSR count). The van der Waals surface area contributed by atoms with Crippen molar-refractivity contribution in [1.29, 1.82) is 0 Å². The second kappa shape index (κ2) is 8.19. The second-order valence-corrected chi connectivity index (χ2v) is 6.99. The predicted octanol–water partition coefficient (Wildman–Crippen LogP) is 2.61. The van der Waals surface area contributed by atoms with Gasteiger partial charge in [0.2, 0.25) is 0 Å². The molecule has 1 fully saturated rings. The van der Waals surface area contributed by atoms with E-state index < -0.39 is 13.8 Å². The zero-order valence-electron chi connectivity index (χ0n) is 14.0. The van der Waals surface area contributed by atoms with Crippen molar-refractivity contribution in [3.05, 3.63) is 36.4 Å². The van der Waals surface area contributed by atoms with Crippen molar-refractivity contribution in [3.8, 4) is 0 Å². The van der Waals surface area contributed by atoms with Crippen LogP contribution in [0, 0.1) is 0 Å². The number of halogens is 1. The summed E-state index contributed by atoms with van der Waals surface area (Å²) in [6.45, 7) is 2.15. The molecule has 0 spiro atoms. The fourth-order valence-corrected chi connectivity index (χ4v) is 3.51. The van der Waals surface area contributed by atoms with Crippen LogP contribution in [0.3, 0.4) is 0 Å². The number of alkyl halides is 1. The molecule has 1 aromatic carbocycles. The molecule has 0 aliphatic carbocycles. The fourth-order valence-electron chi connectivity index (χ4n) is 2.83. The quantitative estimate of drug-likeness (QED) is 0.373. The summed E-state index contributed by atoms with van der Waals surface area (Å²) >= 11 is 6.45. The highest BCUT2D eigenvalue weighted by Crippen LogP contribution is 2.33. The Morgan fingerprint density at radius 1 is 1.46 bits per heavy atom. The summed E-state index contributed by atoms with van der Waals surface area (Å²) in [7, 11) is 3.17. The maximum atomic E-state index is 12.9. The van der Waals surface area contributed by atoms with Crippen LogP contribution in [0.15, 0.2) is 36.4 Å². The molecule has 130 valence electrons. The van der Waals surface area contributed by atoms with Gasteiger partial charge in [-0.1, -0.05) is 10.6 Å². The molecule has 0 bridgehead atoms. The Morgan fingerprint density at radius 2 is 2.12 bits per heavy atom. The summed E-state index contributed by atoms with van der Waals surface area (Å²) in [5.74, 6) is -0.255. The number of nitrogens with zero attached hydrogens (tertiary/aromatic N) is 2. The summed E-state index contributed by atoms with van der Waals surface area (Å²) in [4.78, 5) is 20.3. The lowest BCUT2D eigenvalue weighted by Crippen LogP contribution is -2.74. The van der Waals surface area contributed by atoms with Gasteiger partial charge in [0.1, 0.15) is 5.38 Å². The van der Waals surface area contributed by atoms with E-state index in [0.29, 0.717) is 5.69 Å². The van der Waals surface area contributed by atoms with Gasteiger partial charge in [-0.25, -0.2) is 4.79 Å². The Kier molecular flexibility index (Phi) is 6.49. The Balaban J connectivity index is 2.57. The van der Waals surface area contributed by atoms with Gasteiger partial charge in [-0.3, -0.25) is 4.84 Å². The third-order valence-electron chi connectivity index (χ3n) is 4.05. The van der Waals surface area contributed by atoms with Crippen LogP contribution < -0.4 is 15.1 Å². The van der Waals surface area contributed by atoms with Crippen LogP contribution in [-0.4, -0.2) is 44.2 Å². The van der Waals surface area contributed by atoms with Gasteiger partial charge < -0.3 is 4.90 Å².